The largest absolute Gasteiger partial charge is 0.335 e. The second-order valence-electron chi connectivity index (χ2n) is 6.69. The molecule has 0 bridgehead atoms. The van der Waals surface area contributed by atoms with Crippen molar-refractivity contribution in [1.82, 2.24) is 9.80 Å². The molecule has 138 valence electrons. The summed E-state index contributed by atoms with van der Waals surface area (Å²) in [6.45, 7) is 4.55. The SMILES string of the molecule is Cc1ccc(NC(=O)CN(C)C(=O)[C@H](C)N(C)Cc2ccccc2)cc1. The van der Waals surface area contributed by atoms with E-state index in [0.29, 0.717) is 6.54 Å². The van der Waals surface area contributed by atoms with E-state index in [1.54, 1.807) is 7.05 Å². The molecule has 0 aliphatic heterocycles. The first-order chi connectivity index (χ1) is 12.4. The quantitative estimate of drug-likeness (QED) is 0.833. The minimum absolute atomic E-state index is 0.0240. The minimum atomic E-state index is -0.313. The molecule has 5 heteroatoms. The molecular formula is C21H27N3O2. The number of benzene rings is 2. The maximum atomic E-state index is 12.6. The van der Waals surface area contributed by atoms with Gasteiger partial charge in [-0.15, -0.1) is 0 Å². The van der Waals surface area contributed by atoms with Crippen LogP contribution in [0.3, 0.4) is 0 Å². The summed E-state index contributed by atoms with van der Waals surface area (Å²) in [6, 6.07) is 17.3. The normalized spacial score (nSPS) is 11.9. The van der Waals surface area contributed by atoms with Gasteiger partial charge in [-0.3, -0.25) is 14.5 Å². The molecule has 2 amide bonds. The summed E-state index contributed by atoms with van der Waals surface area (Å²) >= 11 is 0. The van der Waals surface area contributed by atoms with Crippen LogP contribution in [-0.4, -0.2) is 48.3 Å². The Kier molecular flexibility index (Phi) is 6.92. The second-order valence-corrected chi connectivity index (χ2v) is 6.69. The smallest absolute Gasteiger partial charge is 0.243 e. The van der Waals surface area contributed by atoms with Crippen molar-refractivity contribution in [3.05, 3.63) is 65.7 Å². The summed E-state index contributed by atoms with van der Waals surface area (Å²) < 4.78 is 0. The molecular weight excluding hydrogens is 326 g/mol. The van der Waals surface area contributed by atoms with Crippen molar-refractivity contribution >= 4 is 17.5 Å². The summed E-state index contributed by atoms with van der Waals surface area (Å²) in [7, 11) is 3.57. The number of carbonyl (C=O) groups excluding carboxylic acids is 2. The average Bonchev–Trinajstić information content (AvgIpc) is 2.63. The fourth-order valence-corrected chi connectivity index (χ4v) is 2.65. The zero-order valence-electron chi connectivity index (χ0n) is 15.9. The fourth-order valence-electron chi connectivity index (χ4n) is 2.65. The maximum absolute atomic E-state index is 12.6. The highest BCUT2D eigenvalue weighted by molar-refractivity contribution is 5.95. The molecule has 0 unspecified atom stereocenters. The molecule has 0 aromatic heterocycles. The van der Waals surface area contributed by atoms with Crippen LogP contribution in [0.15, 0.2) is 54.6 Å². The van der Waals surface area contributed by atoms with Crippen molar-refractivity contribution in [2.24, 2.45) is 0 Å². The average molecular weight is 353 g/mol. The number of hydrogen-bond acceptors (Lipinski definition) is 3. The number of nitrogens with one attached hydrogen (secondary N) is 1. The Labute approximate surface area is 155 Å². The van der Waals surface area contributed by atoms with Crippen LogP contribution in [0.25, 0.3) is 0 Å². The summed E-state index contributed by atoms with van der Waals surface area (Å²) in [5.41, 5.74) is 3.01. The molecule has 0 saturated carbocycles. The van der Waals surface area contributed by atoms with Gasteiger partial charge in [-0.05, 0) is 38.6 Å². The van der Waals surface area contributed by atoms with Gasteiger partial charge in [0.25, 0.3) is 0 Å². The van der Waals surface area contributed by atoms with Crippen LogP contribution in [0.1, 0.15) is 18.1 Å². The first-order valence-corrected chi connectivity index (χ1v) is 8.72. The first-order valence-electron chi connectivity index (χ1n) is 8.72. The summed E-state index contributed by atoms with van der Waals surface area (Å²) in [4.78, 5) is 28.2. The van der Waals surface area contributed by atoms with E-state index >= 15 is 0 Å². The fraction of sp³-hybridized carbons (Fsp3) is 0.333. The molecule has 2 rings (SSSR count). The molecule has 0 radical (unpaired) electrons. The van der Waals surface area contributed by atoms with Gasteiger partial charge in [0.1, 0.15) is 0 Å². The van der Waals surface area contributed by atoms with E-state index in [1.165, 1.54) is 4.90 Å². The third-order valence-corrected chi connectivity index (χ3v) is 4.39. The van der Waals surface area contributed by atoms with Crippen LogP contribution < -0.4 is 5.32 Å². The number of likely N-dealkylation sites (N-methyl/N-ethyl adjacent to an activating group) is 2. The molecule has 2 aromatic rings. The lowest BCUT2D eigenvalue weighted by molar-refractivity contribution is -0.137. The Bertz CT molecular complexity index is 729. The first kappa shape index (κ1) is 19.7. The van der Waals surface area contributed by atoms with Gasteiger partial charge in [0.05, 0.1) is 12.6 Å². The van der Waals surface area contributed by atoms with Gasteiger partial charge in [-0.25, -0.2) is 0 Å². The topological polar surface area (TPSA) is 52.7 Å². The molecule has 5 nitrogen and oxygen atoms in total. The Morgan fingerprint density at radius 1 is 1.00 bits per heavy atom. The molecule has 2 aromatic carbocycles. The van der Waals surface area contributed by atoms with Gasteiger partial charge in [0, 0.05) is 19.3 Å². The van der Waals surface area contributed by atoms with Gasteiger partial charge < -0.3 is 10.2 Å². The Morgan fingerprint density at radius 3 is 2.23 bits per heavy atom. The molecule has 0 saturated heterocycles. The van der Waals surface area contributed by atoms with E-state index in [0.717, 1.165) is 16.8 Å². The van der Waals surface area contributed by atoms with Crippen LogP contribution in [-0.2, 0) is 16.1 Å². The number of hydrogen-bond donors (Lipinski definition) is 1. The van der Waals surface area contributed by atoms with Crippen molar-refractivity contribution in [2.75, 3.05) is 26.0 Å². The van der Waals surface area contributed by atoms with E-state index in [2.05, 4.69) is 5.32 Å². The number of aryl methyl sites for hydroxylation is 1. The van der Waals surface area contributed by atoms with Crippen LogP contribution in [0.5, 0.6) is 0 Å². The number of anilines is 1. The Balaban J connectivity index is 1.86. The van der Waals surface area contributed by atoms with Crippen molar-refractivity contribution in [3.63, 3.8) is 0 Å². The van der Waals surface area contributed by atoms with E-state index in [-0.39, 0.29) is 24.4 Å². The van der Waals surface area contributed by atoms with Crippen molar-refractivity contribution in [1.29, 1.82) is 0 Å². The highest BCUT2D eigenvalue weighted by Gasteiger charge is 2.23. The van der Waals surface area contributed by atoms with Crippen LogP contribution >= 0.6 is 0 Å². The lowest BCUT2D eigenvalue weighted by Crippen LogP contribution is -2.46. The highest BCUT2D eigenvalue weighted by Crippen LogP contribution is 2.10. The van der Waals surface area contributed by atoms with Gasteiger partial charge in [-0.2, -0.15) is 0 Å². The van der Waals surface area contributed by atoms with Crippen LogP contribution in [0.2, 0.25) is 0 Å². The second kappa shape index (κ2) is 9.15. The standard InChI is InChI=1S/C21H27N3O2/c1-16-10-12-19(13-11-16)22-20(25)15-24(4)21(26)17(2)23(3)14-18-8-6-5-7-9-18/h5-13,17H,14-15H2,1-4H3,(H,22,25)/t17-/m0/s1. The molecule has 0 spiro atoms. The third kappa shape index (κ3) is 5.70. The van der Waals surface area contributed by atoms with Crippen molar-refractivity contribution in [2.45, 2.75) is 26.4 Å². The lowest BCUT2D eigenvalue weighted by atomic mass is 10.2. The van der Waals surface area contributed by atoms with E-state index in [1.807, 2.05) is 80.4 Å². The summed E-state index contributed by atoms with van der Waals surface area (Å²) in [5.74, 6) is -0.287. The van der Waals surface area contributed by atoms with E-state index in [9.17, 15) is 9.59 Å². The minimum Gasteiger partial charge on any atom is -0.335 e. The lowest BCUT2D eigenvalue weighted by Gasteiger charge is -2.28. The number of nitrogens with zero attached hydrogens (tertiary/aromatic N) is 2. The monoisotopic (exact) mass is 353 g/mol. The van der Waals surface area contributed by atoms with Gasteiger partial charge in [0.15, 0.2) is 0 Å². The molecule has 0 fully saturated rings. The highest BCUT2D eigenvalue weighted by atomic mass is 16.2. The van der Waals surface area contributed by atoms with Gasteiger partial charge in [0.2, 0.25) is 11.8 Å². The molecule has 0 heterocycles. The molecule has 1 N–H and O–H groups in total. The Hall–Kier alpha value is -2.66. The van der Waals surface area contributed by atoms with Crippen molar-refractivity contribution < 1.29 is 9.59 Å². The number of rotatable bonds is 7. The summed E-state index contributed by atoms with van der Waals surface area (Å²) in [6.07, 6.45) is 0. The zero-order chi connectivity index (χ0) is 19.1. The Morgan fingerprint density at radius 2 is 1.62 bits per heavy atom. The van der Waals surface area contributed by atoms with Crippen LogP contribution in [0, 0.1) is 6.92 Å². The van der Waals surface area contributed by atoms with Crippen LogP contribution in [0.4, 0.5) is 5.69 Å². The number of carbonyl (C=O) groups is 2. The zero-order valence-corrected chi connectivity index (χ0v) is 15.9. The molecule has 1 atom stereocenters. The van der Waals surface area contributed by atoms with Gasteiger partial charge in [-0.1, -0.05) is 48.0 Å². The maximum Gasteiger partial charge on any atom is 0.243 e. The third-order valence-electron chi connectivity index (χ3n) is 4.39. The van der Waals surface area contributed by atoms with Gasteiger partial charge >= 0.3 is 0 Å². The summed E-state index contributed by atoms with van der Waals surface area (Å²) in [5, 5.41) is 2.82. The molecule has 26 heavy (non-hydrogen) atoms. The van der Waals surface area contributed by atoms with Crippen molar-refractivity contribution in [3.8, 4) is 0 Å². The molecule has 0 aliphatic rings. The molecule has 0 aliphatic carbocycles. The van der Waals surface area contributed by atoms with E-state index in [4.69, 9.17) is 0 Å². The van der Waals surface area contributed by atoms with E-state index < -0.39 is 0 Å². The predicted octanol–water partition coefficient (Wildman–Crippen LogP) is 2.91. The predicted molar refractivity (Wildman–Crippen MR) is 105 cm³/mol. The number of amides is 2.